The second kappa shape index (κ2) is 6.20. The van der Waals surface area contributed by atoms with Crippen molar-refractivity contribution in [3.8, 4) is 0 Å². The van der Waals surface area contributed by atoms with Crippen LogP contribution in [0.15, 0.2) is 41.3 Å². The Labute approximate surface area is 125 Å². The maximum atomic E-state index is 11.9. The maximum absolute atomic E-state index is 11.9. The summed E-state index contributed by atoms with van der Waals surface area (Å²) in [5.41, 5.74) is 0.447. The van der Waals surface area contributed by atoms with Gasteiger partial charge in [0.15, 0.2) is 0 Å². The zero-order valence-electron chi connectivity index (χ0n) is 11.1. The number of nitrogens with one attached hydrogen (secondary N) is 2. The molecule has 0 amide bonds. The Morgan fingerprint density at radius 1 is 1.24 bits per heavy atom. The van der Waals surface area contributed by atoms with Crippen molar-refractivity contribution in [2.75, 3.05) is 12.4 Å². The standard InChI is InChI=1S/C12H13N3O4S2/c1-13-21(18,19)11-5-3-2-4-10(11)14-8-9-6-7-12(20-9)15(16)17/h2-7,13-14H,8H2,1H3. The monoisotopic (exact) mass is 327 g/mol. The second-order valence-corrected chi connectivity index (χ2v) is 7.06. The fourth-order valence-corrected chi connectivity index (χ4v) is 3.37. The summed E-state index contributed by atoms with van der Waals surface area (Å²) in [7, 11) is -2.22. The molecule has 0 saturated carbocycles. The smallest absolute Gasteiger partial charge is 0.324 e. The minimum absolute atomic E-state index is 0.0583. The Morgan fingerprint density at radius 3 is 2.57 bits per heavy atom. The van der Waals surface area contributed by atoms with E-state index in [1.54, 1.807) is 24.3 Å². The lowest BCUT2D eigenvalue weighted by Crippen LogP contribution is -2.20. The molecule has 1 aromatic carbocycles. The van der Waals surface area contributed by atoms with Crippen LogP contribution in [-0.2, 0) is 16.6 Å². The summed E-state index contributed by atoms with van der Waals surface area (Å²) in [6.07, 6.45) is 0. The molecule has 0 aliphatic heterocycles. The molecule has 0 radical (unpaired) electrons. The van der Waals surface area contributed by atoms with Crippen molar-refractivity contribution in [2.24, 2.45) is 0 Å². The molecular weight excluding hydrogens is 314 g/mol. The first-order chi connectivity index (χ1) is 9.94. The summed E-state index contributed by atoms with van der Waals surface area (Å²) in [5.74, 6) is 0. The number of hydrogen-bond acceptors (Lipinski definition) is 6. The largest absolute Gasteiger partial charge is 0.379 e. The summed E-state index contributed by atoms with van der Waals surface area (Å²) < 4.78 is 26.0. The van der Waals surface area contributed by atoms with Gasteiger partial charge in [0.2, 0.25) is 10.0 Å². The van der Waals surface area contributed by atoms with Crippen molar-refractivity contribution in [1.82, 2.24) is 4.72 Å². The third kappa shape index (κ3) is 3.57. The molecule has 1 aromatic heterocycles. The van der Waals surface area contributed by atoms with Crippen molar-refractivity contribution in [1.29, 1.82) is 0 Å². The predicted octanol–water partition coefficient (Wildman–Crippen LogP) is 2.18. The lowest BCUT2D eigenvalue weighted by atomic mass is 10.3. The van der Waals surface area contributed by atoms with E-state index < -0.39 is 14.9 Å². The quantitative estimate of drug-likeness (QED) is 0.625. The summed E-state index contributed by atoms with van der Waals surface area (Å²) >= 11 is 1.05. The lowest BCUT2D eigenvalue weighted by Gasteiger charge is -2.11. The Hall–Kier alpha value is -1.97. The lowest BCUT2D eigenvalue weighted by molar-refractivity contribution is -0.380. The summed E-state index contributed by atoms with van der Waals surface area (Å²) in [6, 6.07) is 9.56. The van der Waals surface area contributed by atoms with E-state index in [9.17, 15) is 18.5 Å². The highest BCUT2D eigenvalue weighted by Crippen LogP contribution is 2.26. The van der Waals surface area contributed by atoms with Crippen molar-refractivity contribution in [2.45, 2.75) is 11.4 Å². The van der Waals surface area contributed by atoms with E-state index in [4.69, 9.17) is 0 Å². The number of rotatable bonds is 6. The van der Waals surface area contributed by atoms with Gasteiger partial charge < -0.3 is 5.32 Å². The zero-order valence-corrected chi connectivity index (χ0v) is 12.7. The Balaban J connectivity index is 2.18. The van der Waals surface area contributed by atoms with Gasteiger partial charge in [-0.2, -0.15) is 0 Å². The van der Waals surface area contributed by atoms with Crippen LogP contribution in [0.3, 0.4) is 0 Å². The summed E-state index contributed by atoms with van der Waals surface area (Å²) in [6.45, 7) is 0.314. The van der Waals surface area contributed by atoms with Gasteiger partial charge >= 0.3 is 5.00 Å². The van der Waals surface area contributed by atoms with Crippen LogP contribution in [-0.4, -0.2) is 20.4 Å². The van der Waals surface area contributed by atoms with Crippen LogP contribution in [0.5, 0.6) is 0 Å². The van der Waals surface area contributed by atoms with E-state index in [2.05, 4.69) is 10.0 Å². The van der Waals surface area contributed by atoms with Crippen LogP contribution in [0, 0.1) is 10.1 Å². The van der Waals surface area contributed by atoms with Gasteiger partial charge in [-0.1, -0.05) is 23.5 Å². The fraction of sp³-hybridized carbons (Fsp3) is 0.167. The van der Waals surface area contributed by atoms with Gasteiger partial charge in [0.1, 0.15) is 4.90 Å². The predicted molar refractivity (Wildman–Crippen MR) is 81.0 cm³/mol. The molecule has 0 fully saturated rings. The van der Waals surface area contributed by atoms with Crippen molar-refractivity contribution < 1.29 is 13.3 Å². The number of sulfonamides is 1. The first kappa shape index (κ1) is 15.4. The molecule has 112 valence electrons. The molecule has 0 bridgehead atoms. The highest BCUT2D eigenvalue weighted by atomic mass is 32.2. The average molecular weight is 327 g/mol. The van der Waals surface area contributed by atoms with Crippen LogP contribution in [0.25, 0.3) is 0 Å². The van der Waals surface area contributed by atoms with Crippen LogP contribution >= 0.6 is 11.3 Å². The van der Waals surface area contributed by atoms with E-state index in [0.717, 1.165) is 16.2 Å². The maximum Gasteiger partial charge on any atom is 0.324 e. The number of nitro groups is 1. The summed E-state index contributed by atoms with van der Waals surface area (Å²) in [4.78, 5) is 11.1. The molecule has 0 unspecified atom stereocenters. The fourth-order valence-electron chi connectivity index (χ4n) is 1.70. The number of thiophene rings is 1. The Kier molecular flexibility index (Phi) is 4.56. The van der Waals surface area contributed by atoms with Crippen LogP contribution in [0.4, 0.5) is 10.7 Å². The number of nitrogens with zero attached hydrogens (tertiary/aromatic N) is 1. The van der Waals surface area contributed by atoms with Crippen LogP contribution in [0.2, 0.25) is 0 Å². The number of hydrogen-bond donors (Lipinski definition) is 2. The van der Waals surface area contributed by atoms with Crippen molar-refractivity contribution >= 4 is 32.0 Å². The molecule has 2 rings (SSSR count). The molecule has 21 heavy (non-hydrogen) atoms. The minimum Gasteiger partial charge on any atom is -0.379 e. The van der Waals surface area contributed by atoms with Gasteiger partial charge in [-0.3, -0.25) is 10.1 Å². The Morgan fingerprint density at radius 2 is 1.95 bits per heavy atom. The molecule has 0 aliphatic carbocycles. The second-order valence-electron chi connectivity index (χ2n) is 4.05. The van der Waals surface area contributed by atoms with Crippen molar-refractivity contribution in [3.63, 3.8) is 0 Å². The third-order valence-corrected chi connectivity index (χ3v) is 5.24. The van der Waals surface area contributed by atoms with Gasteiger partial charge in [-0.25, -0.2) is 13.1 Å². The van der Waals surface area contributed by atoms with Crippen molar-refractivity contribution in [3.05, 3.63) is 51.4 Å². The van der Waals surface area contributed by atoms with Gasteiger partial charge in [-0.05, 0) is 25.2 Å². The topological polar surface area (TPSA) is 101 Å². The summed E-state index contributed by atoms with van der Waals surface area (Å²) in [5, 5.41) is 13.7. The highest BCUT2D eigenvalue weighted by molar-refractivity contribution is 7.89. The SMILES string of the molecule is CNS(=O)(=O)c1ccccc1NCc1ccc([N+](=O)[O-])s1. The van der Waals surface area contributed by atoms with E-state index in [1.165, 1.54) is 19.2 Å². The normalized spacial score (nSPS) is 11.3. The molecule has 2 aromatic rings. The molecule has 0 aliphatic rings. The van der Waals surface area contributed by atoms with Crippen LogP contribution < -0.4 is 10.0 Å². The molecule has 1 heterocycles. The molecule has 9 heteroatoms. The number of benzene rings is 1. The van der Waals surface area contributed by atoms with E-state index in [0.29, 0.717) is 12.2 Å². The van der Waals surface area contributed by atoms with Gasteiger partial charge in [0.25, 0.3) is 0 Å². The minimum atomic E-state index is -3.56. The van der Waals surface area contributed by atoms with Crippen LogP contribution in [0.1, 0.15) is 4.88 Å². The molecule has 0 saturated heterocycles. The first-order valence-corrected chi connectivity index (χ1v) is 8.23. The Bertz CT molecular complexity index is 755. The third-order valence-electron chi connectivity index (χ3n) is 2.73. The molecular formula is C12H13N3O4S2. The van der Waals surface area contributed by atoms with Gasteiger partial charge in [-0.15, -0.1) is 0 Å². The number of anilines is 1. The van der Waals surface area contributed by atoms with E-state index in [-0.39, 0.29) is 9.90 Å². The average Bonchev–Trinajstić information content (AvgIpc) is 2.94. The van der Waals surface area contributed by atoms with Gasteiger partial charge in [0, 0.05) is 17.5 Å². The molecule has 7 nitrogen and oxygen atoms in total. The number of para-hydroxylation sites is 1. The highest BCUT2D eigenvalue weighted by Gasteiger charge is 2.16. The van der Waals surface area contributed by atoms with E-state index in [1.807, 2.05) is 0 Å². The van der Waals surface area contributed by atoms with E-state index >= 15 is 0 Å². The zero-order chi connectivity index (χ0) is 15.5. The molecule has 0 spiro atoms. The van der Waals surface area contributed by atoms with Gasteiger partial charge in [0.05, 0.1) is 10.6 Å². The first-order valence-electron chi connectivity index (χ1n) is 5.93. The molecule has 0 atom stereocenters. The molecule has 2 N–H and O–H groups in total.